The fraction of sp³-hybridized carbons (Fsp3) is 0.538. The molecule has 1 aliphatic rings. The van der Waals surface area contributed by atoms with Gasteiger partial charge in [0.05, 0.1) is 18.1 Å². The molecule has 2 unspecified atom stereocenters. The Hall–Kier alpha value is -0.720. The highest BCUT2D eigenvalue weighted by Gasteiger charge is 2.37. The van der Waals surface area contributed by atoms with E-state index >= 15 is 0 Å². The van der Waals surface area contributed by atoms with Crippen LogP contribution < -0.4 is 10.5 Å². The topological polar surface area (TPSA) is 69.4 Å². The van der Waals surface area contributed by atoms with Crippen molar-refractivity contribution in [3.63, 3.8) is 0 Å². The van der Waals surface area contributed by atoms with Gasteiger partial charge in [-0.1, -0.05) is 12.1 Å². The van der Waals surface area contributed by atoms with Gasteiger partial charge in [0.15, 0.2) is 9.84 Å². The van der Waals surface area contributed by atoms with Crippen LogP contribution in [0.4, 0.5) is 0 Å². The van der Waals surface area contributed by atoms with Crippen LogP contribution in [0.25, 0.3) is 0 Å². The molecule has 1 aliphatic heterocycles. The van der Waals surface area contributed by atoms with Crippen molar-refractivity contribution in [2.75, 3.05) is 19.4 Å². The van der Waals surface area contributed by atoms with E-state index in [9.17, 15) is 8.42 Å². The summed E-state index contributed by atoms with van der Waals surface area (Å²) in [6.45, 7) is 0.238. The summed E-state index contributed by atoms with van der Waals surface area (Å²) >= 11 is 1.70. The van der Waals surface area contributed by atoms with Gasteiger partial charge in [-0.05, 0) is 24.1 Å². The maximum Gasteiger partial charge on any atom is 0.155 e. The lowest BCUT2D eigenvalue weighted by molar-refractivity contribution is 0.414. The van der Waals surface area contributed by atoms with Crippen LogP contribution in [0.3, 0.4) is 0 Å². The molecule has 106 valence electrons. The van der Waals surface area contributed by atoms with Crippen LogP contribution in [0.15, 0.2) is 24.3 Å². The van der Waals surface area contributed by atoms with Gasteiger partial charge < -0.3 is 10.5 Å². The number of nitrogens with two attached hydrogens (primary N) is 1. The van der Waals surface area contributed by atoms with Gasteiger partial charge in [-0.3, -0.25) is 0 Å². The Balaban J connectivity index is 1.89. The van der Waals surface area contributed by atoms with Crippen molar-refractivity contribution in [2.45, 2.75) is 22.7 Å². The zero-order valence-corrected chi connectivity index (χ0v) is 12.5. The molecule has 0 spiro atoms. The molecule has 0 radical (unpaired) electrons. The van der Waals surface area contributed by atoms with Crippen LogP contribution in [0.2, 0.25) is 0 Å². The molecule has 2 atom stereocenters. The van der Waals surface area contributed by atoms with Crippen LogP contribution >= 0.6 is 11.8 Å². The second-order valence-corrected chi connectivity index (χ2v) is 8.32. The van der Waals surface area contributed by atoms with E-state index in [-0.39, 0.29) is 22.8 Å². The minimum absolute atomic E-state index is 0.167. The first-order valence-electron chi connectivity index (χ1n) is 6.21. The summed E-state index contributed by atoms with van der Waals surface area (Å²) in [6, 6.07) is 7.86. The highest BCUT2D eigenvalue weighted by Crippen LogP contribution is 2.31. The molecule has 0 aromatic heterocycles. The fourth-order valence-electron chi connectivity index (χ4n) is 2.20. The largest absolute Gasteiger partial charge is 0.497 e. The normalized spacial score (nSPS) is 25.4. The number of hydrogen-bond acceptors (Lipinski definition) is 5. The van der Waals surface area contributed by atoms with Crippen molar-refractivity contribution in [1.82, 2.24) is 0 Å². The summed E-state index contributed by atoms with van der Waals surface area (Å²) in [7, 11) is -1.33. The highest BCUT2D eigenvalue weighted by molar-refractivity contribution is 8.01. The van der Waals surface area contributed by atoms with Gasteiger partial charge in [-0.25, -0.2) is 8.42 Å². The fourth-order valence-corrected chi connectivity index (χ4v) is 6.01. The average molecular weight is 301 g/mol. The molecule has 0 aliphatic carbocycles. The van der Waals surface area contributed by atoms with Crippen molar-refractivity contribution in [3.8, 4) is 5.75 Å². The first-order valence-corrected chi connectivity index (χ1v) is 8.97. The summed E-state index contributed by atoms with van der Waals surface area (Å²) in [5, 5.41) is -0.179. The van der Waals surface area contributed by atoms with E-state index in [2.05, 4.69) is 0 Å². The number of ether oxygens (including phenoxy) is 1. The van der Waals surface area contributed by atoms with Crippen LogP contribution in [0.5, 0.6) is 5.75 Å². The van der Waals surface area contributed by atoms with E-state index in [1.165, 1.54) is 5.56 Å². The number of thioether (sulfide) groups is 1. The highest BCUT2D eigenvalue weighted by atomic mass is 32.2. The molecule has 1 aromatic carbocycles. The molecule has 1 saturated heterocycles. The van der Waals surface area contributed by atoms with E-state index in [4.69, 9.17) is 10.5 Å². The van der Waals surface area contributed by atoms with Crippen LogP contribution in [-0.2, 0) is 15.6 Å². The summed E-state index contributed by atoms with van der Waals surface area (Å²) in [4.78, 5) is 0. The van der Waals surface area contributed by atoms with Crippen molar-refractivity contribution >= 4 is 21.6 Å². The minimum atomic E-state index is -2.97. The van der Waals surface area contributed by atoms with Crippen molar-refractivity contribution in [3.05, 3.63) is 29.8 Å². The molecular formula is C13H19NO3S2. The Kier molecular flexibility index (Phi) is 4.76. The Morgan fingerprint density at radius 3 is 2.58 bits per heavy atom. The third kappa shape index (κ3) is 3.64. The Morgan fingerprint density at radius 1 is 1.37 bits per heavy atom. The predicted molar refractivity (Wildman–Crippen MR) is 79.3 cm³/mol. The third-order valence-corrected chi connectivity index (χ3v) is 7.17. The van der Waals surface area contributed by atoms with Crippen molar-refractivity contribution < 1.29 is 13.2 Å². The minimum Gasteiger partial charge on any atom is -0.497 e. The Morgan fingerprint density at radius 2 is 2.05 bits per heavy atom. The van der Waals surface area contributed by atoms with Gasteiger partial charge >= 0.3 is 0 Å². The zero-order valence-electron chi connectivity index (χ0n) is 10.9. The number of hydrogen-bond donors (Lipinski definition) is 1. The molecule has 4 nitrogen and oxygen atoms in total. The van der Waals surface area contributed by atoms with Gasteiger partial charge in [0.1, 0.15) is 5.75 Å². The van der Waals surface area contributed by atoms with Gasteiger partial charge in [0.25, 0.3) is 0 Å². The standard InChI is InChI=1S/C13H19NO3S2/c1-17-11-4-2-10(3-5-11)8-18-12-6-13(7-14)19(15,16)9-12/h2-5,12-13H,6-9,14H2,1H3. The molecule has 19 heavy (non-hydrogen) atoms. The Labute approximate surface area is 118 Å². The quantitative estimate of drug-likeness (QED) is 0.891. The lowest BCUT2D eigenvalue weighted by Crippen LogP contribution is -2.25. The first-order chi connectivity index (χ1) is 9.05. The van der Waals surface area contributed by atoms with Crippen molar-refractivity contribution in [2.24, 2.45) is 5.73 Å². The van der Waals surface area contributed by atoms with E-state index < -0.39 is 9.84 Å². The van der Waals surface area contributed by atoms with E-state index in [1.807, 2.05) is 24.3 Å². The molecule has 0 bridgehead atoms. The lowest BCUT2D eigenvalue weighted by atomic mass is 10.2. The predicted octanol–water partition coefficient (Wildman–Crippen LogP) is 1.44. The molecule has 2 N–H and O–H groups in total. The SMILES string of the molecule is COc1ccc(CSC2CC(CN)S(=O)(=O)C2)cc1. The average Bonchev–Trinajstić information content (AvgIpc) is 2.71. The maximum absolute atomic E-state index is 11.8. The molecule has 1 heterocycles. The second-order valence-electron chi connectivity index (χ2n) is 4.70. The molecule has 6 heteroatoms. The number of sulfone groups is 1. The number of benzene rings is 1. The molecule has 0 amide bonds. The van der Waals surface area contributed by atoms with Gasteiger partial charge in [-0.15, -0.1) is 0 Å². The molecular weight excluding hydrogens is 282 g/mol. The van der Waals surface area contributed by atoms with Crippen LogP contribution in [0.1, 0.15) is 12.0 Å². The monoisotopic (exact) mass is 301 g/mol. The molecule has 1 aromatic rings. The van der Waals surface area contributed by atoms with E-state index in [1.54, 1.807) is 18.9 Å². The van der Waals surface area contributed by atoms with E-state index in [0.717, 1.165) is 11.5 Å². The summed E-state index contributed by atoms with van der Waals surface area (Å²) in [5.41, 5.74) is 6.69. The van der Waals surface area contributed by atoms with Gasteiger partial charge in [0.2, 0.25) is 0 Å². The van der Waals surface area contributed by atoms with Crippen molar-refractivity contribution in [1.29, 1.82) is 0 Å². The first kappa shape index (κ1) is 14.7. The van der Waals surface area contributed by atoms with Crippen LogP contribution in [-0.4, -0.2) is 38.3 Å². The van der Waals surface area contributed by atoms with Gasteiger partial charge in [-0.2, -0.15) is 11.8 Å². The Bertz CT molecular complexity index is 513. The zero-order chi connectivity index (χ0) is 13.9. The maximum atomic E-state index is 11.8. The number of rotatable bonds is 5. The van der Waals surface area contributed by atoms with E-state index in [0.29, 0.717) is 6.42 Å². The van der Waals surface area contributed by atoms with Crippen LogP contribution in [0, 0.1) is 0 Å². The summed E-state index contributed by atoms with van der Waals surface area (Å²) in [5.74, 6) is 1.91. The smallest absolute Gasteiger partial charge is 0.155 e. The molecule has 1 fully saturated rings. The third-order valence-electron chi connectivity index (χ3n) is 3.36. The van der Waals surface area contributed by atoms with Gasteiger partial charge in [0, 0.05) is 17.5 Å². The summed E-state index contributed by atoms with van der Waals surface area (Å²) in [6.07, 6.45) is 0.680. The molecule has 2 rings (SSSR count). The lowest BCUT2D eigenvalue weighted by Gasteiger charge is -2.08. The molecule has 0 saturated carbocycles. The summed E-state index contributed by atoms with van der Waals surface area (Å²) < 4.78 is 28.7. The second kappa shape index (κ2) is 6.15. The number of methoxy groups -OCH3 is 1.